The maximum atomic E-state index is 7.27. The minimum absolute atomic E-state index is 0.00553. The lowest BCUT2D eigenvalue weighted by Gasteiger charge is -2.40. The first kappa shape index (κ1) is 59.6. The molecule has 9 aromatic rings. The van der Waals surface area contributed by atoms with Crippen LogP contribution in [0.25, 0.3) is 65.4 Å². The number of anilines is 3. The highest BCUT2D eigenvalue weighted by atomic mass is 28.4. The molecule has 83 heavy (non-hydrogen) atoms. The Labute approximate surface area is 495 Å². The van der Waals surface area contributed by atoms with Crippen molar-refractivity contribution in [2.75, 3.05) is 18.1 Å². The summed E-state index contributed by atoms with van der Waals surface area (Å²) in [6, 6.07) is 24.1. The molecule has 0 N–H and O–H groups in total. The van der Waals surface area contributed by atoms with E-state index in [-0.39, 0.29) is 44.6 Å². The Morgan fingerprint density at radius 1 is 0.470 bits per heavy atom. The van der Waals surface area contributed by atoms with E-state index < -0.39 is 45.7 Å². The van der Waals surface area contributed by atoms with Crippen molar-refractivity contribution in [3.05, 3.63) is 92.0 Å². The second-order valence-electron chi connectivity index (χ2n) is 29.7. The second kappa shape index (κ2) is 20.8. The SMILES string of the molecule is CC(C)(C)[Si](C)(C)OC[C@H]1O[C@@H](n2cnc3c(N(c4c5ccccc5c5ccc6cccc7ccc4c5c76)c4ncnc5c4ncn5[C@H]4C[C@H](O[Si](C)(C)C(C)(C)C)[C@@H](CO[Si](C)(C)C(C)(C)C)O4)ncnc32)C[C@@H]1O[Si](C)(C)C(C)(C)C. The van der Waals surface area contributed by atoms with Crippen molar-refractivity contribution in [1.29, 1.82) is 0 Å². The average Bonchev–Trinajstić information content (AvgIpc) is 1.06. The molecule has 6 atom stereocenters. The molecule has 2 fully saturated rings. The highest BCUT2D eigenvalue weighted by Crippen LogP contribution is 2.51. The van der Waals surface area contributed by atoms with E-state index in [1.165, 1.54) is 16.2 Å². The van der Waals surface area contributed by atoms with Gasteiger partial charge in [-0.3, -0.25) is 14.0 Å². The van der Waals surface area contributed by atoms with Gasteiger partial charge in [-0.2, -0.15) is 0 Å². The Bertz CT molecular complexity index is 3700. The van der Waals surface area contributed by atoms with Gasteiger partial charge in [0.2, 0.25) is 0 Å². The van der Waals surface area contributed by atoms with Gasteiger partial charge in [-0.05, 0) is 99.5 Å². The van der Waals surface area contributed by atoms with Crippen LogP contribution >= 0.6 is 0 Å². The van der Waals surface area contributed by atoms with Crippen LogP contribution in [0, 0.1) is 0 Å². The van der Waals surface area contributed by atoms with Crippen molar-refractivity contribution in [2.24, 2.45) is 0 Å². The minimum atomic E-state index is -2.25. The van der Waals surface area contributed by atoms with Gasteiger partial charge >= 0.3 is 0 Å². The zero-order chi connectivity index (χ0) is 59.8. The maximum absolute atomic E-state index is 7.27. The van der Waals surface area contributed by atoms with Gasteiger partial charge in [0.1, 0.15) is 37.3 Å². The number of fused-ring (bicyclic) bond motifs is 4. The van der Waals surface area contributed by atoms with Gasteiger partial charge in [-0.25, -0.2) is 29.9 Å². The topological polar surface area (TPSA) is 146 Å². The zero-order valence-electron chi connectivity index (χ0n) is 52.9. The van der Waals surface area contributed by atoms with Gasteiger partial charge in [0, 0.05) is 29.0 Å². The third-order valence-electron chi connectivity index (χ3n) is 20.1. The van der Waals surface area contributed by atoms with Crippen molar-refractivity contribution >= 4 is 116 Å². The van der Waals surface area contributed by atoms with Crippen molar-refractivity contribution in [3.8, 4) is 0 Å². The summed E-state index contributed by atoms with van der Waals surface area (Å²) in [4.78, 5) is 33.3. The van der Waals surface area contributed by atoms with E-state index in [1.54, 1.807) is 12.7 Å². The number of hydrogen-bond acceptors (Lipinski definition) is 13. The molecule has 6 heterocycles. The predicted octanol–water partition coefficient (Wildman–Crippen LogP) is 16.9. The van der Waals surface area contributed by atoms with Crippen LogP contribution in [0.2, 0.25) is 72.5 Å². The Hall–Kier alpha value is -5.07. The van der Waals surface area contributed by atoms with Crippen LogP contribution in [-0.4, -0.2) is 110 Å². The van der Waals surface area contributed by atoms with Gasteiger partial charge in [-0.15, -0.1) is 0 Å². The number of rotatable bonds is 15. The summed E-state index contributed by atoms with van der Waals surface area (Å²) in [5.74, 6) is 1.08. The molecule has 0 amide bonds. The lowest BCUT2D eigenvalue weighted by molar-refractivity contribution is -0.0383. The minimum Gasteiger partial charge on any atom is -0.414 e. The molecule has 15 nitrogen and oxygen atoms in total. The smallest absolute Gasteiger partial charge is 0.192 e. The number of imidazole rings is 2. The van der Waals surface area contributed by atoms with E-state index in [9.17, 15) is 0 Å². The number of ether oxygens (including phenoxy) is 2. The van der Waals surface area contributed by atoms with Crippen molar-refractivity contribution in [2.45, 2.75) is 205 Å². The number of benzene rings is 5. The molecule has 19 heteroatoms. The molecule has 442 valence electrons. The van der Waals surface area contributed by atoms with Crippen molar-refractivity contribution < 1.29 is 27.2 Å². The molecule has 0 bridgehead atoms. The summed E-state index contributed by atoms with van der Waals surface area (Å²) in [5, 5.41) is 9.05. The van der Waals surface area contributed by atoms with Crippen LogP contribution in [-0.2, 0) is 27.2 Å². The van der Waals surface area contributed by atoms with Gasteiger partial charge in [0.25, 0.3) is 0 Å². The normalized spacial score (nSPS) is 21.1. The van der Waals surface area contributed by atoms with E-state index >= 15 is 0 Å². The molecule has 2 saturated heterocycles. The first-order chi connectivity index (χ1) is 38.7. The molecule has 5 aromatic carbocycles. The summed E-state index contributed by atoms with van der Waals surface area (Å²) >= 11 is 0. The van der Waals surface area contributed by atoms with Gasteiger partial charge in [0.15, 0.2) is 67.2 Å². The quantitative estimate of drug-likeness (QED) is 0.0546. The van der Waals surface area contributed by atoms with E-state index in [0.717, 1.165) is 32.6 Å². The third kappa shape index (κ3) is 10.6. The first-order valence-electron chi connectivity index (χ1n) is 29.9. The Balaban J connectivity index is 1.07. The summed E-state index contributed by atoms with van der Waals surface area (Å²) in [5.41, 5.74) is 3.29. The molecule has 11 rings (SSSR count). The van der Waals surface area contributed by atoms with Crippen LogP contribution < -0.4 is 4.90 Å². The molecule has 2 aliphatic heterocycles. The lowest BCUT2D eigenvalue weighted by atomic mass is 9.89. The van der Waals surface area contributed by atoms with E-state index in [0.29, 0.717) is 60.0 Å². The van der Waals surface area contributed by atoms with Crippen molar-refractivity contribution in [3.63, 3.8) is 0 Å². The maximum Gasteiger partial charge on any atom is 0.192 e. The monoisotopic (exact) mass is 1190 g/mol. The lowest BCUT2D eigenvalue weighted by Crippen LogP contribution is -2.48. The fourth-order valence-electron chi connectivity index (χ4n) is 11.0. The molecule has 0 spiro atoms. The van der Waals surface area contributed by atoms with Gasteiger partial charge in [-0.1, -0.05) is 150 Å². The Morgan fingerprint density at radius 3 is 1.33 bits per heavy atom. The molecule has 2 aliphatic rings. The Kier molecular flexibility index (Phi) is 15.0. The Morgan fingerprint density at radius 2 is 0.892 bits per heavy atom. The van der Waals surface area contributed by atoms with E-state index in [1.807, 2.05) is 12.7 Å². The van der Waals surface area contributed by atoms with Crippen LogP contribution in [0.15, 0.2) is 92.0 Å². The fraction of sp³-hybridized carbons (Fsp3) is 0.531. The number of hydrogen-bond donors (Lipinski definition) is 0. The molecule has 4 aromatic heterocycles. The van der Waals surface area contributed by atoms with Crippen molar-refractivity contribution in [1.82, 2.24) is 39.0 Å². The van der Waals surface area contributed by atoms with Gasteiger partial charge in [0.05, 0.1) is 43.8 Å². The van der Waals surface area contributed by atoms with Gasteiger partial charge < -0.3 is 27.2 Å². The average molecular weight is 1190 g/mol. The molecule has 0 saturated carbocycles. The predicted molar refractivity (Wildman–Crippen MR) is 348 cm³/mol. The standard InChI is InChI=1S/C64H89N9O6Si4/c1-61(2,3)80(13,14)74-34-48-46(78-82(17,18)63(7,8)9)32-50(76-48)71-38-69-54-57(71)65-36-67-59(54)73(56-44-27-22-21-26-42(44)43-30-28-40-24-23-25-41-29-31-45(56)53(43)52(40)41)60-55-58(66-37-68-60)72(39-70-55)51-33-47(79-83(19,20)64(10,11)12)49(77-51)35-75-81(15,16)62(4,5)6/h21-31,36-39,46-51H,32-35H2,1-20H3/t46-,47-,48+,49+,50+,51+/m0/s1. The summed E-state index contributed by atoms with van der Waals surface area (Å²) in [6.45, 7) is 46.7. The highest BCUT2D eigenvalue weighted by molar-refractivity contribution is 6.75. The number of nitrogens with zero attached hydrogens (tertiary/aromatic N) is 9. The zero-order valence-corrected chi connectivity index (χ0v) is 56.9. The summed E-state index contributed by atoms with van der Waals surface area (Å²) in [7, 11) is -8.78. The number of aromatic nitrogens is 8. The molecule has 0 aliphatic carbocycles. The molecular weight excluding hydrogens is 1100 g/mol. The van der Waals surface area contributed by atoms with Crippen LogP contribution in [0.4, 0.5) is 17.3 Å². The van der Waals surface area contributed by atoms with Crippen LogP contribution in [0.5, 0.6) is 0 Å². The molecule has 0 unspecified atom stereocenters. The summed E-state index contributed by atoms with van der Waals surface area (Å²) < 4.78 is 46.8. The van der Waals surface area contributed by atoms with Crippen LogP contribution in [0.1, 0.15) is 108 Å². The first-order valence-corrected chi connectivity index (χ1v) is 41.5. The molecule has 0 radical (unpaired) electrons. The van der Waals surface area contributed by atoms with E-state index in [2.05, 4.69) is 216 Å². The van der Waals surface area contributed by atoms with Crippen LogP contribution in [0.3, 0.4) is 0 Å². The fourth-order valence-corrected chi connectivity index (χ4v) is 15.7. The van der Waals surface area contributed by atoms with E-state index in [4.69, 9.17) is 57.1 Å². The highest BCUT2D eigenvalue weighted by Gasteiger charge is 2.49. The summed E-state index contributed by atoms with van der Waals surface area (Å²) in [6.07, 6.45) is 6.28. The largest absolute Gasteiger partial charge is 0.414 e. The third-order valence-corrected chi connectivity index (χ3v) is 38.2. The second-order valence-corrected chi connectivity index (χ2v) is 48.8. The molecular formula is C64H89N9O6Si4.